The standard InChI is InChI=1S/C21H27N7O2S.C15H21N5O2.C6H6N2OS/c1-13-10-27(12-18-22-7-15(31-2)8-23-18)11-16(13)19-25-21(29)17-9-24-20(28(17)26-19)14-3-5-30-6-4-14;1-9-6-16-7-11(9)13-18-15(21)12-8-17-14(20(12)19-13)10-2-4-22-5-3-10;1-10-5-2-7-6(4-9)8-3-5/h7-9,13-14,16H,3-6,10-12H2,1-2H3,(H,25,26,29);8-11,16H,2-7H2,1H3,(H,18,19,21);2-4H,1H3. The molecule has 4 saturated heterocycles. The highest BCUT2D eigenvalue weighted by molar-refractivity contribution is 7.98. The van der Waals surface area contributed by atoms with Gasteiger partial charge >= 0.3 is 0 Å². The molecule has 0 aromatic carbocycles. The normalized spacial score (nSPS) is 22.2. The van der Waals surface area contributed by atoms with Crippen LogP contribution in [0.1, 0.15) is 103 Å². The zero-order valence-corrected chi connectivity index (χ0v) is 37.6. The summed E-state index contributed by atoms with van der Waals surface area (Å²) < 4.78 is 14.4. The van der Waals surface area contributed by atoms with Gasteiger partial charge in [0.05, 0.1) is 18.9 Å². The van der Waals surface area contributed by atoms with E-state index in [1.165, 1.54) is 0 Å². The van der Waals surface area contributed by atoms with Gasteiger partial charge in [0.15, 0.2) is 23.1 Å². The topological polar surface area (TPSA) is 228 Å². The number of likely N-dealkylation sites (tertiary alicyclic amines) is 1. The lowest BCUT2D eigenvalue weighted by molar-refractivity contribution is 0.0831. The van der Waals surface area contributed by atoms with Crippen LogP contribution in [-0.2, 0) is 16.0 Å². The zero-order valence-electron chi connectivity index (χ0n) is 36.0. The Kier molecular flexibility index (Phi) is 14.7. The summed E-state index contributed by atoms with van der Waals surface area (Å²) in [6.07, 6.45) is 18.5. The monoisotopic (exact) mass is 898 g/mol. The highest BCUT2D eigenvalue weighted by Crippen LogP contribution is 2.32. The van der Waals surface area contributed by atoms with Crippen LogP contribution in [0.2, 0.25) is 0 Å². The van der Waals surface area contributed by atoms with Crippen molar-refractivity contribution in [3.63, 3.8) is 0 Å². The van der Waals surface area contributed by atoms with Gasteiger partial charge in [-0.05, 0) is 56.6 Å². The minimum Gasteiger partial charge on any atom is -0.381 e. The Balaban J connectivity index is 0.000000147. The molecular weight excluding hydrogens is 845 g/mol. The first-order valence-electron chi connectivity index (χ1n) is 21.4. The van der Waals surface area contributed by atoms with Crippen LogP contribution in [-0.4, -0.2) is 135 Å². The summed E-state index contributed by atoms with van der Waals surface area (Å²) in [7, 11) is 0. The van der Waals surface area contributed by atoms with E-state index in [1.807, 2.05) is 24.9 Å². The number of imidazole rings is 2. The van der Waals surface area contributed by atoms with Crippen molar-refractivity contribution in [2.24, 2.45) is 11.8 Å². The van der Waals surface area contributed by atoms with Crippen LogP contribution in [0.4, 0.5) is 0 Å². The molecule has 10 rings (SSSR count). The molecule has 0 aliphatic carbocycles. The molecule has 6 aromatic rings. The molecule has 4 atom stereocenters. The Morgan fingerprint density at radius 2 is 1.17 bits per heavy atom. The number of carbonyl (C=O) groups excluding carboxylic acids is 1. The predicted molar refractivity (Wildman–Crippen MR) is 238 cm³/mol. The van der Waals surface area contributed by atoms with E-state index in [9.17, 15) is 14.4 Å². The zero-order chi connectivity index (χ0) is 43.9. The largest absolute Gasteiger partial charge is 0.381 e. The number of aldehydes is 1. The van der Waals surface area contributed by atoms with Crippen molar-refractivity contribution in [1.82, 2.24) is 69.3 Å². The summed E-state index contributed by atoms with van der Waals surface area (Å²) in [6, 6.07) is 0. The van der Waals surface area contributed by atoms with Gasteiger partial charge in [-0.25, -0.2) is 38.9 Å². The fraction of sp³-hybridized carbons (Fsp3) is 0.548. The first-order chi connectivity index (χ1) is 30.7. The first-order valence-corrected chi connectivity index (χ1v) is 23.9. The van der Waals surface area contributed by atoms with Crippen molar-refractivity contribution in [2.45, 2.75) is 79.5 Å². The van der Waals surface area contributed by atoms with Gasteiger partial charge in [-0.15, -0.1) is 23.5 Å². The molecule has 0 radical (unpaired) electrons. The van der Waals surface area contributed by atoms with Gasteiger partial charge in [-0.3, -0.25) is 19.3 Å². The molecule has 0 saturated carbocycles. The molecule has 10 heterocycles. The molecule has 334 valence electrons. The number of ether oxygens (including phenoxy) is 2. The summed E-state index contributed by atoms with van der Waals surface area (Å²) in [4.78, 5) is 71.1. The number of hydrogen-bond acceptors (Lipinski definition) is 17. The van der Waals surface area contributed by atoms with E-state index in [4.69, 9.17) is 19.7 Å². The smallest absolute Gasteiger partial charge is 0.276 e. The summed E-state index contributed by atoms with van der Waals surface area (Å²) in [5.74, 6) is 6.14. The van der Waals surface area contributed by atoms with Crippen molar-refractivity contribution in [1.29, 1.82) is 0 Å². The number of nitrogens with one attached hydrogen (secondary N) is 3. The maximum Gasteiger partial charge on any atom is 0.276 e. The van der Waals surface area contributed by atoms with E-state index in [0.717, 1.165) is 117 Å². The Hall–Kier alpha value is -4.93. The van der Waals surface area contributed by atoms with Gasteiger partial charge in [-0.1, -0.05) is 13.8 Å². The van der Waals surface area contributed by atoms with Crippen LogP contribution in [0.5, 0.6) is 0 Å². The fourth-order valence-corrected chi connectivity index (χ4v) is 9.25. The maximum absolute atomic E-state index is 12.8. The van der Waals surface area contributed by atoms with Gasteiger partial charge in [0.2, 0.25) is 0 Å². The van der Waals surface area contributed by atoms with Crippen molar-refractivity contribution in [3.05, 3.63) is 92.8 Å². The SMILES string of the molecule is CC1CNCC1c1nn2c(C3CCOCC3)ncc2c(=O)[nH]1.CSc1cnc(C=O)nc1.CSc1cnc(CN2CC(C)C(c3nn4c(C5CCOCC5)ncc4c(=O)[nH]3)C2)nc1. The van der Waals surface area contributed by atoms with Crippen LogP contribution in [0, 0.1) is 11.8 Å². The molecule has 0 bridgehead atoms. The van der Waals surface area contributed by atoms with Gasteiger partial charge in [0.1, 0.15) is 29.1 Å². The van der Waals surface area contributed by atoms with Crippen molar-refractivity contribution in [2.75, 3.05) is 65.1 Å². The van der Waals surface area contributed by atoms with Gasteiger partial charge in [-0.2, -0.15) is 10.2 Å². The van der Waals surface area contributed by atoms with Crippen LogP contribution >= 0.6 is 23.5 Å². The third-order valence-corrected chi connectivity index (χ3v) is 13.6. The molecule has 6 aromatic heterocycles. The van der Waals surface area contributed by atoms with E-state index in [1.54, 1.807) is 57.3 Å². The minimum absolute atomic E-state index is 0.102. The number of hydrogen-bond donors (Lipinski definition) is 3. The Labute approximate surface area is 372 Å². The molecule has 4 unspecified atom stereocenters. The molecule has 21 heteroatoms. The molecule has 0 spiro atoms. The Morgan fingerprint density at radius 3 is 1.65 bits per heavy atom. The predicted octanol–water partition coefficient (Wildman–Crippen LogP) is 3.70. The Morgan fingerprint density at radius 1 is 0.667 bits per heavy atom. The van der Waals surface area contributed by atoms with Gasteiger partial charge < -0.3 is 24.8 Å². The first kappa shape index (κ1) is 44.7. The molecule has 19 nitrogen and oxygen atoms in total. The molecule has 0 amide bonds. The van der Waals surface area contributed by atoms with E-state index in [2.05, 4.69) is 63.9 Å². The second-order valence-corrected chi connectivity index (χ2v) is 18.2. The van der Waals surface area contributed by atoms with Crippen molar-refractivity contribution >= 4 is 40.8 Å². The van der Waals surface area contributed by atoms with E-state index in [0.29, 0.717) is 41.6 Å². The lowest BCUT2D eigenvalue weighted by Gasteiger charge is -2.21. The van der Waals surface area contributed by atoms with Crippen LogP contribution in [0.3, 0.4) is 0 Å². The highest BCUT2D eigenvalue weighted by atomic mass is 32.2. The number of rotatable bonds is 9. The van der Waals surface area contributed by atoms with E-state index < -0.39 is 0 Å². The number of H-pyrrole nitrogens is 2. The molecule has 4 fully saturated rings. The second kappa shape index (κ2) is 20.7. The average molecular weight is 899 g/mol. The third kappa shape index (κ3) is 10.4. The number of aromatic amines is 2. The minimum atomic E-state index is -0.127. The number of fused-ring (bicyclic) bond motifs is 2. The third-order valence-electron chi connectivity index (χ3n) is 12.2. The molecule has 63 heavy (non-hydrogen) atoms. The summed E-state index contributed by atoms with van der Waals surface area (Å²) in [5, 5.41) is 12.9. The quantitative estimate of drug-likeness (QED) is 0.139. The Bertz CT molecular complexity index is 2570. The fourth-order valence-electron chi connectivity index (χ4n) is 8.62. The van der Waals surface area contributed by atoms with E-state index in [-0.39, 0.29) is 34.7 Å². The molecule has 4 aliphatic heterocycles. The second-order valence-electron chi connectivity index (χ2n) is 16.4. The number of nitrogens with zero attached hydrogens (tertiary/aromatic N) is 11. The van der Waals surface area contributed by atoms with Crippen LogP contribution in [0.25, 0.3) is 11.0 Å². The summed E-state index contributed by atoms with van der Waals surface area (Å²) >= 11 is 3.18. The van der Waals surface area contributed by atoms with Crippen LogP contribution < -0.4 is 16.4 Å². The molecule has 3 N–H and O–H groups in total. The number of aromatic nitrogens is 12. The van der Waals surface area contributed by atoms with Gasteiger partial charge in [0.25, 0.3) is 11.1 Å². The summed E-state index contributed by atoms with van der Waals surface area (Å²) in [6.45, 7) is 11.6. The summed E-state index contributed by atoms with van der Waals surface area (Å²) in [5.41, 5.74) is 0.811. The highest BCUT2D eigenvalue weighted by Gasteiger charge is 2.34. The lowest BCUT2D eigenvalue weighted by Crippen LogP contribution is -2.24. The van der Waals surface area contributed by atoms with Crippen molar-refractivity contribution < 1.29 is 14.3 Å². The maximum atomic E-state index is 12.8. The van der Waals surface area contributed by atoms with Gasteiger partial charge in [0, 0.05) is 104 Å². The lowest BCUT2D eigenvalue weighted by atomic mass is 9.97. The van der Waals surface area contributed by atoms with E-state index >= 15 is 0 Å². The molecule has 4 aliphatic rings. The van der Waals surface area contributed by atoms with Crippen LogP contribution in [0.15, 0.2) is 56.6 Å². The molecular formula is C42H54N14O5S2. The number of carbonyl (C=O) groups is 1. The number of thioether (sulfide) groups is 2. The average Bonchev–Trinajstić information content (AvgIpc) is 4.14. The van der Waals surface area contributed by atoms with Crippen molar-refractivity contribution in [3.8, 4) is 0 Å².